The van der Waals surface area contributed by atoms with E-state index in [2.05, 4.69) is 21.2 Å². The number of halogens is 1. The van der Waals surface area contributed by atoms with Crippen LogP contribution in [0.2, 0.25) is 0 Å². The first-order valence-electron chi connectivity index (χ1n) is 6.23. The molecule has 1 aromatic carbocycles. The summed E-state index contributed by atoms with van der Waals surface area (Å²) in [6, 6.07) is 7.80. The maximum atomic E-state index is 12.1. The molecule has 4 heteroatoms. The van der Waals surface area contributed by atoms with Crippen LogP contribution in [0.5, 0.6) is 0 Å². The molecule has 1 heterocycles. The van der Waals surface area contributed by atoms with E-state index in [1.807, 2.05) is 31.2 Å². The number of carbonyl (C=O) groups excluding carboxylic acids is 1. The lowest BCUT2D eigenvalue weighted by Gasteiger charge is -2.31. The number of nitrogens with one attached hydrogen (secondary N) is 1. The summed E-state index contributed by atoms with van der Waals surface area (Å²) >= 11 is 3.45. The third-order valence-electron chi connectivity index (χ3n) is 3.41. The van der Waals surface area contributed by atoms with E-state index in [0.717, 1.165) is 29.4 Å². The van der Waals surface area contributed by atoms with Crippen LogP contribution in [0.3, 0.4) is 0 Å². The number of hydrogen-bond acceptors (Lipinski definition) is 3. The van der Waals surface area contributed by atoms with Crippen LogP contribution < -0.4 is 5.32 Å². The zero-order valence-electron chi connectivity index (χ0n) is 10.5. The fraction of sp³-hybridized carbons (Fsp3) is 0.500. The number of benzene rings is 1. The van der Waals surface area contributed by atoms with E-state index in [4.69, 9.17) is 4.74 Å². The van der Waals surface area contributed by atoms with Gasteiger partial charge in [-0.2, -0.15) is 0 Å². The Morgan fingerprint density at radius 1 is 1.50 bits per heavy atom. The van der Waals surface area contributed by atoms with Gasteiger partial charge in [-0.05, 0) is 32.4 Å². The van der Waals surface area contributed by atoms with Gasteiger partial charge in [0.1, 0.15) is 6.61 Å². The standard InChI is InChI=1S/C14H18BrNO2/c1-14(7-4-8-16-10-14)13(17)18-9-11-5-2-3-6-12(11)15/h2-3,5-6,16H,4,7-10H2,1H3. The summed E-state index contributed by atoms with van der Waals surface area (Å²) in [6.07, 6.45) is 1.93. The summed E-state index contributed by atoms with van der Waals surface area (Å²) in [4.78, 5) is 12.1. The molecule has 0 radical (unpaired) electrons. The summed E-state index contributed by atoms with van der Waals surface area (Å²) < 4.78 is 6.42. The molecule has 0 saturated carbocycles. The molecular formula is C14H18BrNO2. The smallest absolute Gasteiger partial charge is 0.313 e. The highest BCUT2D eigenvalue weighted by molar-refractivity contribution is 9.10. The van der Waals surface area contributed by atoms with Gasteiger partial charge in [0.15, 0.2) is 0 Å². The van der Waals surface area contributed by atoms with E-state index in [9.17, 15) is 4.79 Å². The van der Waals surface area contributed by atoms with Gasteiger partial charge in [0.2, 0.25) is 0 Å². The SMILES string of the molecule is CC1(C(=O)OCc2ccccc2Br)CCCNC1. The van der Waals surface area contributed by atoms with E-state index >= 15 is 0 Å². The Morgan fingerprint density at radius 3 is 2.94 bits per heavy atom. The molecule has 0 amide bonds. The van der Waals surface area contributed by atoms with Crippen LogP contribution in [0.15, 0.2) is 28.7 Å². The number of ether oxygens (including phenoxy) is 1. The average molecular weight is 312 g/mol. The molecule has 1 atom stereocenters. The van der Waals surface area contributed by atoms with E-state index in [1.165, 1.54) is 0 Å². The molecule has 1 N–H and O–H groups in total. The van der Waals surface area contributed by atoms with Gasteiger partial charge < -0.3 is 10.1 Å². The lowest BCUT2D eigenvalue weighted by molar-refractivity contribution is -0.157. The van der Waals surface area contributed by atoms with Crippen molar-refractivity contribution in [1.29, 1.82) is 0 Å². The predicted octanol–water partition coefficient (Wildman–Crippen LogP) is 2.88. The van der Waals surface area contributed by atoms with Gasteiger partial charge in [0, 0.05) is 16.6 Å². The molecule has 1 unspecified atom stereocenters. The van der Waals surface area contributed by atoms with Gasteiger partial charge >= 0.3 is 5.97 Å². The first-order valence-corrected chi connectivity index (χ1v) is 7.02. The number of piperidine rings is 1. The lowest BCUT2D eigenvalue weighted by atomic mass is 9.83. The molecular weight excluding hydrogens is 294 g/mol. The quantitative estimate of drug-likeness (QED) is 0.872. The molecule has 0 spiro atoms. The van der Waals surface area contributed by atoms with Gasteiger partial charge in [0.05, 0.1) is 5.41 Å². The molecule has 1 fully saturated rings. The molecule has 3 nitrogen and oxygen atoms in total. The van der Waals surface area contributed by atoms with Crippen LogP contribution in [-0.4, -0.2) is 19.1 Å². The van der Waals surface area contributed by atoms with Crippen molar-refractivity contribution in [1.82, 2.24) is 5.32 Å². The van der Waals surface area contributed by atoms with Crippen LogP contribution >= 0.6 is 15.9 Å². The third kappa shape index (κ3) is 3.12. The topological polar surface area (TPSA) is 38.3 Å². The summed E-state index contributed by atoms with van der Waals surface area (Å²) in [5.74, 6) is -0.106. The van der Waals surface area contributed by atoms with Gasteiger partial charge in [-0.25, -0.2) is 0 Å². The Hall–Kier alpha value is -0.870. The second-order valence-electron chi connectivity index (χ2n) is 5.01. The summed E-state index contributed by atoms with van der Waals surface area (Å²) in [7, 11) is 0. The highest BCUT2D eigenvalue weighted by Crippen LogP contribution is 2.28. The zero-order chi connectivity index (χ0) is 13.0. The number of carbonyl (C=O) groups is 1. The van der Waals surface area contributed by atoms with Crippen LogP contribution in [-0.2, 0) is 16.1 Å². The second-order valence-corrected chi connectivity index (χ2v) is 5.86. The minimum atomic E-state index is -0.375. The minimum Gasteiger partial charge on any atom is -0.460 e. The summed E-state index contributed by atoms with van der Waals surface area (Å²) in [5, 5.41) is 3.26. The van der Waals surface area contributed by atoms with E-state index in [-0.39, 0.29) is 11.4 Å². The van der Waals surface area contributed by atoms with Crippen molar-refractivity contribution in [2.24, 2.45) is 5.41 Å². The minimum absolute atomic E-state index is 0.106. The molecule has 18 heavy (non-hydrogen) atoms. The Labute approximate surface area is 116 Å². The molecule has 2 rings (SSSR count). The first-order chi connectivity index (χ1) is 8.62. The van der Waals surface area contributed by atoms with Crippen LogP contribution in [0.25, 0.3) is 0 Å². The van der Waals surface area contributed by atoms with Crippen LogP contribution in [0, 0.1) is 5.41 Å². The highest BCUT2D eigenvalue weighted by Gasteiger charge is 2.36. The molecule has 98 valence electrons. The fourth-order valence-electron chi connectivity index (χ4n) is 2.16. The lowest BCUT2D eigenvalue weighted by Crippen LogP contribution is -2.44. The second kappa shape index (κ2) is 5.85. The Balaban J connectivity index is 1.94. The molecule has 1 aliphatic heterocycles. The van der Waals surface area contributed by atoms with Crippen molar-refractivity contribution in [3.8, 4) is 0 Å². The zero-order valence-corrected chi connectivity index (χ0v) is 12.1. The van der Waals surface area contributed by atoms with Crippen molar-refractivity contribution < 1.29 is 9.53 Å². The Morgan fingerprint density at radius 2 is 2.28 bits per heavy atom. The normalized spacial score (nSPS) is 23.7. The van der Waals surface area contributed by atoms with Crippen molar-refractivity contribution in [2.45, 2.75) is 26.4 Å². The highest BCUT2D eigenvalue weighted by atomic mass is 79.9. The van der Waals surface area contributed by atoms with E-state index in [0.29, 0.717) is 13.2 Å². The van der Waals surface area contributed by atoms with Crippen LogP contribution in [0.4, 0.5) is 0 Å². The van der Waals surface area contributed by atoms with Crippen molar-refractivity contribution in [3.05, 3.63) is 34.3 Å². The molecule has 0 bridgehead atoms. The van der Waals surface area contributed by atoms with Gasteiger partial charge in [0.25, 0.3) is 0 Å². The molecule has 1 saturated heterocycles. The molecule has 1 aromatic rings. The fourth-order valence-corrected chi connectivity index (χ4v) is 2.56. The molecule has 1 aliphatic rings. The largest absolute Gasteiger partial charge is 0.460 e. The predicted molar refractivity (Wildman–Crippen MR) is 74.1 cm³/mol. The third-order valence-corrected chi connectivity index (χ3v) is 4.18. The maximum Gasteiger partial charge on any atom is 0.313 e. The van der Waals surface area contributed by atoms with E-state index in [1.54, 1.807) is 0 Å². The monoisotopic (exact) mass is 311 g/mol. The average Bonchev–Trinajstić information content (AvgIpc) is 2.38. The number of esters is 1. The Kier molecular flexibility index (Phi) is 4.40. The first kappa shape index (κ1) is 13.6. The Bertz CT molecular complexity index is 428. The number of hydrogen-bond donors (Lipinski definition) is 1. The van der Waals surface area contributed by atoms with Crippen molar-refractivity contribution in [2.75, 3.05) is 13.1 Å². The van der Waals surface area contributed by atoms with Crippen molar-refractivity contribution >= 4 is 21.9 Å². The van der Waals surface area contributed by atoms with Crippen LogP contribution in [0.1, 0.15) is 25.3 Å². The maximum absolute atomic E-state index is 12.1. The van der Waals surface area contributed by atoms with Crippen molar-refractivity contribution in [3.63, 3.8) is 0 Å². The summed E-state index contributed by atoms with van der Waals surface area (Å²) in [6.45, 7) is 4.01. The van der Waals surface area contributed by atoms with E-state index < -0.39 is 0 Å². The molecule has 0 aromatic heterocycles. The summed E-state index contributed by atoms with van der Waals surface area (Å²) in [5.41, 5.74) is 0.623. The van der Waals surface area contributed by atoms with Gasteiger partial charge in [-0.1, -0.05) is 34.1 Å². The number of rotatable bonds is 3. The van der Waals surface area contributed by atoms with Gasteiger partial charge in [-0.3, -0.25) is 4.79 Å². The van der Waals surface area contributed by atoms with Gasteiger partial charge in [-0.15, -0.1) is 0 Å². The molecule has 0 aliphatic carbocycles.